The van der Waals surface area contributed by atoms with E-state index in [1.165, 1.54) is 18.4 Å². The smallest absolute Gasteiger partial charge is 0.418 e. The second-order valence-corrected chi connectivity index (χ2v) is 5.85. The Morgan fingerprint density at radius 2 is 1.83 bits per heavy atom. The van der Waals surface area contributed by atoms with Gasteiger partial charge < -0.3 is 14.2 Å². The Hall–Kier alpha value is -2.15. The summed E-state index contributed by atoms with van der Waals surface area (Å²) in [6.45, 7) is 1.24. The fourth-order valence-corrected chi connectivity index (χ4v) is 2.89. The summed E-state index contributed by atoms with van der Waals surface area (Å²) >= 11 is 5.70. The van der Waals surface area contributed by atoms with E-state index in [4.69, 9.17) is 16.0 Å². The number of rotatable bonds is 2. The lowest BCUT2D eigenvalue weighted by Crippen LogP contribution is -2.49. The Morgan fingerprint density at radius 3 is 2.42 bits per heavy atom. The van der Waals surface area contributed by atoms with E-state index < -0.39 is 11.7 Å². The highest BCUT2D eigenvalue weighted by molar-refractivity contribution is 6.30. The summed E-state index contributed by atoms with van der Waals surface area (Å²) in [4.78, 5) is 15.4. The van der Waals surface area contributed by atoms with Crippen molar-refractivity contribution in [1.82, 2.24) is 4.90 Å². The number of benzene rings is 1. The van der Waals surface area contributed by atoms with Gasteiger partial charge in [-0.05, 0) is 30.3 Å². The lowest BCUT2D eigenvalue weighted by atomic mass is 10.1. The lowest BCUT2D eigenvalue weighted by molar-refractivity contribution is -0.137. The maximum Gasteiger partial charge on any atom is 0.418 e. The second kappa shape index (κ2) is 6.39. The van der Waals surface area contributed by atoms with Crippen LogP contribution in [0.25, 0.3) is 0 Å². The summed E-state index contributed by atoms with van der Waals surface area (Å²) < 4.78 is 44.7. The molecular formula is C16H14ClF3N2O2. The van der Waals surface area contributed by atoms with Gasteiger partial charge in [-0.15, -0.1) is 0 Å². The van der Waals surface area contributed by atoms with Crippen LogP contribution >= 0.6 is 11.6 Å². The molecule has 0 spiro atoms. The summed E-state index contributed by atoms with van der Waals surface area (Å²) in [6.07, 6.45) is -3.08. The van der Waals surface area contributed by atoms with Crippen LogP contribution in [0.3, 0.4) is 0 Å². The summed E-state index contributed by atoms with van der Waals surface area (Å²) in [5.74, 6) is -0.0299. The normalized spacial score (nSPS) is 15.7. The van der Waals surface area contributed by atoms with Gasteiger partial charge in [-0.25, -0.2) is 0 Å². The van der Waals surface area contributed by atoms with E-state index in [0.29, 0.717) is 26.2 Å². The van der Waals surface area contributed by atoms with Crippen molar-refractivity contribution in [3.63, 3.8) is 0 Å². The Morgan fingerprint density at radius 1 is 1.12 bits per heavy atom. The Bertz CT molecular complexity index is 723. The highest BCUT2D eigenvalue weighted by Crippen LogP contribution is 2.38. The zero-order chi connectivity index (χ0) is 17.3. The minimum atomic E-state index is -4.48. The zero-order valence-electron chi connectivity index (χ0n) is 12.5. The number of nitrogens with zero attached hydrogens (tertiary/aromatic N) is 2. The van der Waals surface area contributed by atoms with E-state index in [-0.39, 0.29) is 22.4 Å². The molecule has 1 amide bonds. The first-order valence-corrected chi connectivity index (χ1v) is 7.68. The largest absolute Gasteiger partial charge is 0.459 e. The molecule has 0 unspecified atom stereocenters. The minimum Gasteiger partial charge on any atom is -0.459 e. The van der Waals surface area contributed by atoms with Crippen LogP contribution in [0.4, 0.5) is 18.9 Å². The SMILES string of the molecule is O=C(c1ccco1)N1CCN(c2ccc(Cl)cc2C(F)(F)F)CC1. The maximum atomic E-state index is 13.2. The molecule has 2 heterocycles. The summed E-state index contributed by atoms with van der Waals surface area (Å²) in [5, 5.41) is 0.0395. The molecule has 1 fully saturated rings. The van der Waals surface area contributed by atoms with E-state index in [1.54, 1.807) is 21.9 Å². The molecule has 8 heteroatoms. The van der Waals surface area contributed by atoms with Crippen LogP contribution in [0.15, 0.2) is 41.0 Å². The predicted octanol–water partition coefficient (Wildman–Crippen LogP) is 3.91. The Labute approximate surface area is 141 Å². The van der Waals surface area contributed by atoms with Crippen LogP contribution < -0.4 is 4.90 Å². The van der Waals surface area contributed by atoms with Crippen LogP contribution in [0.2, 0.25) is 5.02 Å². The van der Waals surface area contributed by atoms with E-state index >= 15 is 0 Å². The summed E-state index contributed by atoms with van der Waals surface area (Å²) in [7, 11) is 0. The van der Waals surface area contributed by atoms with E-state index in [2.05, 4.69) is 0 Å². The number of furan rings is 1. The number of hydrogen-bond donors (Lipinski definition) is 0. The van der Waals surface area contributed by atoms with Crippen LogP contribution in [-0.2, 0) is 6.18 Å². The molecule has 0 radical (unpaired) electrons. The number of alkyl halides is 3. The molecule has 0 N–H and O–H groups in total. The van der Waals surface area contributed by atoms with Gasteiger partial charge in [0, 0.05) is 36.9 Å². The molecule has 2 aromatic rings. The van der Waals surface area contributed by atoms with E-state index in [1.807, 2.05) is 0 Å². The molecule has 0 atom stereocenters. The molecule has 0 aliphatic carbocycles. The molecule has 1 saturated heterocycles. The van der Waals surface area contributed by atoms with Crippen molar-refractivity contribution in [2.45, 2.75) is 6.18 Å². The maximum absolute atomic E-state index is 13.2. The molecule has 1 aromatic heterocycles. The third-order valence-corrected chi connectivity index (χ3v) is 4.14. The molecule has 1 aliphatic rings. The highest BCUT2D eigenvalue weighted by Gasteiger charge is 2.36. The average Bonchev–Trinajstić information content (AvgIpc) is 3.08. The highest BCUT2D eigenvalue weighted by atomic mass is 35.5. The van der Waals surface area contributed by atoms with Crippen molar-refractivity contribution in [3.05, 3.63) is 52.9 Å². The Balaban J connectivity index is 1.75. The van der Waals surface area contributed by atoms with Gasteiger partial charge in [0.05, 0.1) is 11.8 Å². The fourth-order valence-electron chi connectivity index (χ4n) is 2.72. The predicted molar refractivity (Wildman–Crippen MR) is 83.3 cm³/mol. The van der Waals surface area contributed by atoms with Crippen molar-refractivity contribution >= 4 is 23.2 Å². The molecular weight excluding hydrogens is 345 g/mol. The van der Waals surface area contributed by atoms with Gasteiger partial charge in [-0.3, -0.25) is 4.79 Å². The van der Waals surface area contributed by atoms with Gasteiger partial charge in [0.1, 0.15) is 0 Å². The van der Waals surface area contributed by atoms with E-state index in [0.717, 1.165) is 6.07 Å². The van der Waals surface area contributed by atoms with Crippen LogP contribution in [-0.4, -0.2) is 37.0 Å². The molecule has 1 aromatic carbocycles. The van der Waals surface area contributed by atoms with Gasteiger partial charge in [0.25, 0.3) is 5.91 Å². The number of piperazine rings is 1. The van der Waals surface area contributed by atoms with Crippen molar-refractivity contribution in [2.24, 2.45) is 0 Å². The van der Waals surface area contributed by atoms with Gasteiger partial charge in [0.15, 0.2) is 5.76 Å². The Kier molecular flexibility index (Phi) is 4.45. The van der Waals surface area contributed by atoms with Crippen molar-refractivity contribution in [1.29, 1.82) is 0 Å². The zero-order valence-corrected chi connectivity index (χ0v) is 13.3. The number of halogens is 4. The molecule has 0 saturated carbocycles. The second-order valence-electron chi connectivity index (χ2n) is 5.42. The molecule has 128 valence electrons. The van der Waals surface area contributed by atoms with Crippen molar-refractivity contribution in [3.8, 4) is 0 Å². The number of carbonyl (C=O) groups is 1. The third kappa shape index (κ3) is 3.36. The first kappa shape index (κ1) is 16.7. The number of amides is 1. The lowest BCUT2D eigenvalue weighted by Gasteiger charge is -2.36. The minimum absolute atomic E-state index is 0.0395. The van der Waals surface area contributed by atoms with Crippen LogP contribution in [0.1, 0.15) is 16.1 Å². The van der Waals surface area contributed by atoms with Gasteiger partial charge >= 0.3 is 6.18 Å². The van der Waals surface area contributed by atoms with Gasteiger partial charge in [0.2, 0.25) is 0 Å². The molecule has 0 bridgehead atoms. The topological polar surface area (TPSA) is 36.7 Å². The number of anilines is 1. The average molecular weight is 359 g/mol. The summed E-state index contributed by atoms with van der Waals surface area (Å²) in [5.41, 5.74) is -0.683. The fraction of sp³-hybridized carbons (Fsp3) is 0.312. The molecule has 4 nitrogen and oxygen atoms in total. The van der Waals surface area contributed by atoms with Crippen molar-refractivity contribution < 1.29 is 22.4 Å². The molecule has 24 heavy (non-hydrogen) atoms. The number of carbonyl (C=O) groups excluding carboxylic acids is 1. The molecule has 3 rings (SSSR count). The molecule has 1 aliphatic heterocycles. The third-order valence-electron chi connectivity index (χ3n) is 3.90. The monoisotopic (exact) mass is 358 g/mol. The quantitative estimate of drug-likeness (QED) is 0.816. The van der Waals surface area contributed by atoms with Gasteiger partial charge in [-0.2, -0.15) is 13.2 Å². The first-order chi connectivity index (χ1) is 11.4. The van der Waals surface area contributed by atoms with Crippen LogP contribution in [0.5, 0.6) is 0 Å². The number of hydrogen-bond acceptors (Lipinski definition) is 3. The van der Waals surface area contributed by atoms with Gasteiger partial charge in [-0.1, -0.05) is 11.6 Å². The standard InChI is InChI=1S/C16H14ClF3N2O2/c17-11-3-4-13(12(10-11)16(18,19)20)21-5-7-22(8-6-21)15(23)14-2-1-9-24-14/h1-4,9-10H,5-8H2. The van der Waals surface area contributed by atoms with Crippen molar-refractivity contribution in [2.75, 3.05) is 31.1 Å². The first-order valence-electron chi connectivity index (χ1n) is 7.31. The van der Waals surface area contributed by atoms with E-state index in [9.17, 15) is 18.0 Å². The van der Waals surface area contributed by atoms with Crippen LogP contribution in [0, 0.1) is 0 Å². The summed E-state index contributed by atoms with van der Waals surface area (Å²) in [6, 6.07) is 6.92.